The fraction of sp³-hybridized carbons (Fsp3) is 0.158. The number of ketones is 1. The molecule has 5 heteroatoms. The second-order valence-electron chi connectivity index (χ2n) is 5.16. The van der Waals surface area contributed by atoms with Crippen LogP contribution in [0.4, 0.5) is 0 Å². The molecule has 0 amide bonds. The molecule has 2 heterocycles. The molecule has 0 radical (unpaired) electrons. The molecule has 1 aromatic carbocycles. The molecule has 3 aromatic rings. The lowest BCUT2D eigenvalue weighted by molar-refractivity contribution is 0.104. The van der Waals surface area contributed by atoms with Gasteiger partial charge in [0.15, 0.2) is 0 Å². The number of hydrogen-bond acceptors (Lipinski definition) is 4. The van der Waals surface area contributed by atoms with Gasteiger partial charge in [-0.3, -0.25) is 9.48 Å². The molecule has 0 aliphatic rings. The number of rotatable bonds is 7. The van der Waals surface area contributed by atoms with Crippen molar-refractivity contribution in [2.75, 3.05) is 0 Å². The van der Waals surface area contributed by atoms with Crippen LogP contribution < -0.4 is 4.74 Å². The highest BCUT2D eigenvalue weighted by atomic mass is 16.5. The average Bonchev–Trinajstić information content (AvgIpc) is 3.28. The maximum Gasteiger partial charge on any atom is 0.206 e. The lowest BCUT2D eigenvalue weighted by atomic mass is 10.2. The maximum atomic E-state index is 12.0. The summed E-state index contributed by atoms with van der Waals surface area (Å²) in [6.45, 7) is 3.05. The summed E-state index contributed by atoms with van der Waals surface area (Å²) in [5.41, 5.74) is 0.423. The average molecular weight is 322 g/mol. The van der Waals surface area contributed by atoms with Crippen LogP contribution >= 0.6 is 0 Å². The van der Waals surface area contributed by atoms with Gasteiger partial charge in [0.2, 0.25) is 5.78 Å². The summed E-state index contributed by atoms with van der Waals surface area (Å²) in [4.78, 5) is 12.0. The Morgan fingerprint density at radius 3 is 2.79 bits per heavy atom. The molecule has 2 aromatic heterocycles. The lowest BCUT2D eigenvalue weighted by Gasteiger charge is -2.02. The third kappa shape index (κ3) is 4.01. The van der Waals surface area contributed by atoms with E-state index in [-0.39, 0.29) is 5.78 Å². The van der Waals surface area contributed by atoms with Crippen LogP contribution in [0.1, 0.15) is 28.9 Å². The number of para-hydroxylation sites is 1. The molecule has 0 atom stereocenters. The molecule has 24 heavy (non-hydrogen) atoms. The summed E-state index contributed by atoms with van der Waals surface area (Å²) in [5, 5.41) is 4.17. The Morgan fingerprint density at radius 1 is 1.21 bits per heavy atom. The molecule has 0 unspecified atom stereocenters. The van der Waals surface area contributed by atoms with Gasteiger partial charge in [-0.2, -0.15) is 5.10 Å². The molecule has 0 aliphatic heterocycles. The molecule has 5 nitrogen and oxygen atoms in total. The molecule has 0 saturated carbocycles. The molecule has 0 bridgehead atoms. The first-order valence-corrected chi connectivity index (χ1v) is 7.77. The largest absolute Gasteiger partial charge is 0.486 e. The zero-order valence-electron chi connectivity index (χ0n) is 13.4. The van der Waals surface area contributed by atoms with Crippen LogP contribution in [0.25, 0.3) is 6.08 Å². The summed E-state index contributed by atoms with van der Waals surface area (Å²) in [7, 11) is 0. The molecule has 3 rings (SSSR count). The van der Waals surface area contributed by atoms with Gasteiger partial charge in [-0.25, -0.2) is 0 Å². The highest BCUT2D eigenvalue weighted by Gasteiger charge is 2.06. The smallest absolute Gasteiger partial charge is 0.206 e. The minimum atomic E-state index is -0.152. The summed E-state index contributed by atoms with van der Waals surface area (Å²) in [6.07, 6.45) is 4.88. The zero-order valence-corrected chi connectivity index (χ0v) is 13.4. The number of nitrogens with zero attached hydrogens (tertiary/aromatic N) is 2. The van der Waals surface area contributed by atoms with Crippen LogP contribution in [-0.4, -0.2) is 15.6 Å². The van der Waals surface area contributed by atoms with E-state index in [1.54, 1.807) is 29.1 Å². The van der Waals surface area contributed by atoms with Crippen LogP contribution in [0, 0.1) is 0 Å². The Bertz CT molecular complexity index is 831. The first-order chi connectivity index (χ1) is 11.7. The molecular formula is C19H18N2O3. The maximum absolute atomic E-state index is 12.0. The number of ether oxygens (including phenoxy) is 1. The van der Waals surface area contributed by atoms with Crippen molar-refractivity contribution in [2.45, 2.75) is 20.1 Å². The third-order valence-electron chi connectivity index (χ3n) is 3.42. The van der Waals surface area contributed by atoms with Crippen molar-refractivity contribution in [1.82, 2.24) is 9.78 Å². The topological polar surface area (TPSA) is 57.3 Å². The Morgan fingerprint density at radius 2 is 2.04 bits per heavy atom. The van der Waals surface area contributed by atoms with E-state index in [9.17, 15) is 4.79 Å². The van der Waals surface area contributed by atoms with Crippen molar-refractivity contribution >= 4 is 11.9 Å². The van der Waals surface area contributed by atoms with Crippen molar-refractivity contribution in [3.8, 4) is 5.75 Å². The van der Waals surface area contributed by atoms with Gasteiger partial charge in [0.1, 0.15) is 29.6 Å². The van der Waals surface area contributed by atoms with E-state index in [0.29, 0.717) is 23.8 Å². The van der Waals surface area contributed by atoms with Gasteiger partial charge in [0.05, 0.1) is 0 Å². The zero-order chi connectivity index (χ0) is 16.8. The van der Waals surface area contributed by atoms with Crippen molar-refractivity contribution < 1.29 is 13.9 Å². The van der Waals surface area contributed by atoms with Crippen molar-refractivity contribution in [3.05, 3.63) is 78.0 Å². The summed E-state index contributed by atoms with van der Waals surface area (Å²) in [5.74, 6) is 1.93. The van der Waals surface area contributed by atoms with Gasteiger partial charge >= 0.3 is 0 Å². The monoisotopic (exact) mass is 322 g/mol. The van der Waals surface area contributed by atoms with Crippen LogP contribution in [-0.2, 0) is 13.2 Å². The highest BCUT2D eigenvalue weighted by molar-refractivity contribution is 6.05. The van der Waals surface area contributed by atoms with Gasteiger partial charge in [-0.1, -0.05) is 18.2 Å². The summed E-state index contributed by atoms with van der Waals surface area (Å²) >= 11 is 0. The minimum absolute atomic E-state index is 0.152. The second kappa shape index (κ2) is 7.46. The number of allylic oxidation sites excluding steroid dienone is 1. The Balaban J connectivity index is 1.58. The number of hydrogen-bond donors (Lipinski definition) is 0. The molecule has 0 saturated heterocycles. The van der Waals surface area contributed by atoms with Crippen LogP contribution in [0.3, 0.4) is 0 Å². The van der Waals surface area contributed by atoms with Crippen molar-refractivity contribution in [1.29, 1.82) is 0 Å². The SMILES string of the molecule is CCn1ccc(C(=O)/C=C/c2ccc(COc3ccccc3)o2)n1. The minimum Gasteiger partial charge on any atom is -0.486 e. The molecular weight excluding hydrogens is 304 g/mol. The van der Waals surface area contributed by atoms with Gasteiger partial charge in [-0.05, 0) is 49.4 Å². The molecule has 0 aliphatic carbocycles. The third-order valence-corrected chi connectivity index (χ3v) is 3.42. The van der Waals surface area contributed by atoms with Gasteiger partial charge in [0.25, 0.3) is 0 Å². The summed E-state index contributed by atoms with van der Waals surface area (Å²) < 4.78 is 13.0. The molecule has 0 fully saturated rings. The van der Waals surface area contributed by atoms with E-state index in [1.165, 1.54) is 6.08 Å². The Hall–Kier alpha value is -3.08. The van der Waals surface area contributed by atoms with E-state index >= 15 is 0 Å². The number of aryl methyl sites for hydroxylation is 1. The van der Waals surface area contributed by atoms with Gasteiger partial charge < -0.3 is 9.15 Å². The fourth-order valence-corrected chi connectivity index (χ4v) is 2.15. The predicted molar refractivity (Wildman–Crippen MR) is 90.7 cm³/mol. The first-order valence-electron chi connectivity index (χ1n) is 7.77. The first kappa shape index (κ1) is 15.8. The number of carbonyl (C=O) groups excluding carboxylic acids is 1. The molecule has 0 spiro atoms. The number of furan rings is 1. The highest BCUT2D eigenvalue weighted by Crippen LogP contribution is 2.15. The number of aromatic nitrogens is 2. The molecule has 0 N–H and O–H groups in total. The van der Waals surface area contributed by atoms with E-state index in [2.05, 4.69) is 5.10 Å². The fourth-order valence-electron chi connectivity index (χ4n) is 2.15. The predicted octanol–water partition coefficient (Wildman–Crippen LogP) is 3.97. The summed E-state index contributed by atoms with van der Waals surface area (Å²) in [6, 6.07) is 14.9. The van der Waals surface area contributed by atoms with E-state index in [1.807, 2.05) is 43.3 Å². The van der Waals surface area contributed by atoms with E-state index < -0.39 is 0 Å². The second-order valence-corrected chi connectivity index (χ2v) is 5.16. The van der Waals surface area contributed by atoms with Crippen molar-refractivity contribution in [3.63, 3.8) is 0 Å². The molecule has 122 valence electrons. The van der Waals surface area contributed by atoms with Crippen LogP contribution in [0.5, 0.6) is 5.75 Å². The van der Waals surface area contributed by atoms with Crippen molar-refractivity contribution in [2.24, 2.45) is 0 Å². The van der Waals surface area contributed by atoms with Gasteiger partial charge in [-0.15, -0.1) is 0 Å². The van der Waals surface area contributed by atoms with Crippen LogP contribution in [0.15, 0.2) is 65.2 Å². The normalized spacial score (nSPS) is 11.0. The number of carbonyl (C=O) groups is 1. The lowest BCUT2D eigenvalue weighted by Crippen LogP contribution is -1.99. The standard InChI is InChI=1S/C19H18N2O3/c1-2-21-13-12-18(20-21)19(22)11-10-16-8-9-17(24-16)14-23-15-6-4-3-5-7-15/h3-13H,2,14H2,1H3/b11-10+. The number of benzene rings is 1. The van der Waals surface area contributed by atoms with E-state index in [4.69, 9.17) is 9.15 Å². The quantitative estimate of drug-likeness (QED) is 0.488. The van der Waals surface area contributed by atoms with Gasteiger partial charge in [0, 0.05) is 12.7 Å². The Labute approximate surface area is 140 Å². The van der Waals surface area contributed by atoms with Crippen LogP contribution in [0.2, 0.25) is 0 Å². The Kier molecular flexibility index (Phi) is 4.91. The van der Waals surface area contributed by atoms with E-state index in [0.717, 1.165) is 12.3 Å².